The lowest BCUT2D eigenvalue weighted by molar-refractivity contribution is 0.401. The van der Waals surface area contributed by atoms with Crippen molar-refractivity contribution >= 4 is 0 Å². The lowest BCUT2D eigenvalue weighted by Crippen LogP contribution is -2.13. The zero-order valence-corrected chi connectivity index (χ0v) is 9.85. The minimum absolute atomic E-state index is 0.125. The van der Waals surface area contributed by atoms with E-state index < -0.39 is 0 Å². The predicted molar refractivity (Wildman–Crippen MR) is 58.8 cm³/mol. The fourth-order valence-corrected chi connectivity index (χ4v) is 1.15. The van der Waals surface area contributed by atoms with Crippen molar-refractivity contribution in [3.8, 4) is 11.6 Å². The first kappa shape index (κ1) is 10.7. The third-order valence-corrected chi connectivity index (χ3v) is 2.11. The minimum atomic E-state index is -0.125. The fraction of sp³-hybridized carbons (Fsp3) is 0.455. The van der Waals surface area contributed by atoms with Crippen LogP contribution in [0.25, 0.3) is 11.6 Å². The largest absolute Gasteiger partial charge is 0.332 e. The Morgan fingerprint density at radius 2 is 1.88 bits per heavy atom. The third-order valence-electron chi connectivity index (χ3n) is 2.11. The normalized spacial score (nSPS) is 11.8. The Kier molecular flexibility index (Phi) is 2.46. The summed E-state index contributed by atoms with van der Waals surface area (Å²) >= 11 is 0. The Morgan fingerprint density at radius 1 is 1.12 bits per heavy atom. The molecule has 0 fully saturated rings. The Balaban J connectivity index is 2.35. The highest BCUT2D eigenvalue weighted by atomic mass is 16.5. The maximum Gasteiger partial charge on any atom is 0.278 e. The van der Waals surface area contributed by atoms with Gasteiger partial charge in [0, 0.05) is 5.41 Å². The molecular weight excluding hydrogens is 204 g/mol. The SMILES string of the molecule is Cc1ccc(-c2nc(C(C)(C)C)no2)nn1. The van der Waals surface area contributed by atoms with Crippen LogP contribution < -0.4 is 0 Å². The molecule has 0 aliphatic rings. The second-order valence-corrected chi connectivity index (χ2v) is 4.73. The van der Waals surface area contributed by atoms with Crippen LogP contribution in [0.2, 0.25) is 0 Å². The van der Waals surface area contributed by atoms with Crippen molar-refractivity contribution in [1.29, 1.82) is 0 Å². The van der Waals surface area contributed by atoms with Crippen LogP contribution in [0, 0.1) is 6.92 Å². The van der Waals surface area contributed by atoms with E-state index in [0.717, 1.165) is 5.69 Å². The first-order valence-electron chi connectivity index (χ1n) is 5.12. The number of hydrogen-bond acceptors (Lipinski definition) is 5. The highest BCUT2D eigenvalue weighted by Gasteiger charge is 2.21. The Hall–Kier alpha value is -1.78. The highest BCUT2D eigenvalue weighted by molar-refractivity contribution is 5.45. The predicted octanol–water partition coefficient (Wildman–Crippen LogP) is 2.13. The van der Waals surface area contributed by atoms with Gasteiger partial charge in [0.2, 0.25) is 0 Å². The first-order chi connectivity index (χ1) is 7.47. The molecular formula is C11H14N4O. The molecule has 2 rings (SSSR count). The average molecular weight is 218 g/mol. The summed E-state index contributed by atoms with van der Waals surface area (Å²) in [6.07, 6.45) is 0. The van der Waals surface area contributed by atoms with E-state index in [2.05, 4.69) is 20.3 Å². The molecule has 0 aliphatic heterocycles. The number of rotatable bonds is 1. The summed E-state index contributed by atoms with van der Waals surface area (Å²) in [5.41, 5.74) is 1.34. The molecule has 0 saturated carbocycles. The van der Waals surface area contributed by atoms with Crippen LogP contribution in [0.5, 0.6) is 0 Å². The van der Waals surface area contributed by atoms with E-state index in [4.69, 9.17) is 4.52 Å². The molecule has 16 heavy (non-hydrogen) atoms. The second-order valence-electron chi connectivity index (χ2n) is 4.73. The summed E-state index contributed by atoms with van der Waals surface area (Å²) in [6, 6.07) is 3.69. The van der Waals surface area contributed by atoms with Gasteiger partial charge in [0.25, 0.3) is 5.89 Å². The molecule has 0 N–H and O–H groups in total. The van der Waals surface area contributed by atoms with Gasteiger partial charge in [-0.3, -0.25) is 0 Å². The first-order valence-corrected chi connectivity index (χ1v) is 5.12. The molecule has 0 bridgehead atoms. The number of nitrogens with zero attached hydrogens (tertiary/aromatic N) is 4. The summed E-state index contributed by atoms with van der Waals surface area (Å²) in [7, 11) is 0. The molecule has 2 aromatic heterocycles. The topological polar surface area (TPSA) is 64.7 Å². The van der Waals surface area contributed by atoms with Crippen molar-refractivity contribution in [2.24, 2.45) is 0 Å². The second kappa shape index (κ2) is 3.66. The number of aromatic nitrogens is 4. The smallest absolute Gasteiger partial charge is 0.278 e. The van der Waals surface area contributed by atoms with E-state index in [0.29, 0.717) is 17.4 Å². The monoisotopic (exact) mass is 218 g/mol. The van der Waals surface area contributed by atoms with Crippen molar-refractivity contribution in [3.05, 3.63) is 23.7 Å². The standard InChI is InChI=1S/C11H14N4O/c1-7-5-6-8(14-13-7)9-12-10(15-16-9)11(2,3)4/h5-6H,1-4H3. The lowest BCUT2D eigenvalue weighted by Gasteiger charge is -2.10. The Bertz CT molecular complexity index is 481. The lowest BCUT2D eigenvalue weighted by atomic mass is 9.96. The van der Waals surface area contributed by atoms with E-state index in [1.165, 1.54) is 0 Å². The summed E-state index contributed by atoms with van der Waals surface area (Å²) in [4.78, 5) is 4.30. The summed E-state index contributed by atoms with van der Waals surface area (Å²) < 4.78 is 5.15. The van der Waals surface area contributed by atoms with Gasteiger partial charge in [-0.15, -0.1) is 5.10 Å². The zero-order chi connectivity index (χ0) is 11.8. The van der Waals surface area contributed by atoms with Gasteiger partial charge in [-0.1, -0.05) is 25.9 Å². The fourth-order valence-electron chi connectivity index (χ4n) is 1.15. The van der Waals surface area contributed by atoms with Gasteiger partial charge < -0.3 is 4.52 Å². The minimum Gasteiger partial charge on any atom is -0.332 e. The van der Waals surface area contributed by atoms with Crippen LogP contribution in [0.3, 0.4) is 0 Å². The number of hydrogen-bond donors (Lipinski definition) is 0. The maximum absolute atomic E-state index is 5.15. The van der Waals surface area contributed by atoms with Crippen LogP contribution >= 0.6 is 0 Å². The zero-order valence-electron chi connectivity index (χ0n) is 9.85. The molecule has 5 heteroatoms. The maximum atomic E-state index is 5.15. The molecule has 0 aromatic carbocycles. The van der Waals surface area contributed by atoms with Crippen LogP contribution in [0.15, 0.2) is 16.7 Å². The molecule has 84 valence electrons. The Labute approximate surface area is 93.9 Å². The molecule has 0 radical (unpaired) electrons. The van der Waals surface area contributed by atoms with Gasteiger partial charge >= 0.3 is 0 Å². The van der Waals surface area contributed by atoms with Gasteiger partial charge in [-0.2, -0.15) is 10.1 Å². The van der Waals surface area contributed by atoms with Gasteiger partial charge in [0.05, 0.1) is 5.69 Å². The van der Waals surface area contributed by atoms with Crippen molar-refractivity contribution < 1.29 is 4.52 Å². The quantitative estimate of drug-likeness (QED) is 0.733. The summed E-state index contributed by atoms with van der Waals surface area (Å²) in [6.45, 7) is 7.97. The van der Waals surface area contributed by atoms with E-state index in [1.54, 1.807) is 0 Å². The van der Waals surface area contributed by atoms with Gasteiger partial charge in [-0.25, -0.2) is 0 Å². The van der Waals surface area contributed by atoms with Gasteiger partial charge in [0.15, 0.2) is 11.5 Å². The number of aryl methyl sites for hydroxylation is 1. The molecule has 0 aliphatic carbocycles. The molecule has 5 nitrogen and oxygen atoms in total. The van der Waals surface area contributed by atoms with E-state index in [1.807, 2.05) is 39.8 Å². The molecule has 0 unspecified atom stereocenters. The Morgan fingerprint density at radius 3 is 2.38 bits per heavy atom. The van der Waals surface area contributed by atoms with Crippen molar-refractivity contribution in [1.82, 2.24) is 20.3 Å². The highest BCUT2D eigenvalue weighted by Crippen LogP contribution is 2.21. The molecule has 2 aromatic rings. The van der Waals surface area contributed by atoms with Gasteiger partial charge in [-0.05, 0) is 19.1 Å². The van der Waals surface area contributed by atoms with Crippen LogP contribution in [0.4, 0.5) is 0 Å². The van der Waals surface area contributed by atoms with Crippen molar-refractivity contribution in [2.75, 3.05) is 0 Å². The van der Waals surface area contributed by atoms with Crippen LogP contribution in [-0.2, 0) is 5.41 Å². The molecule has 0 amide bonds. The molecule has 0 saturated heterocycles. The molecule has 0 atom stereocenters. The van der Waals surface area contributed by atoms with E-state index in [-0.39, 0.29) is 5.41 Å². The molecule has 2 heterocycles. The van der Waals surface area contributed by atoms with E-state index >= 15 is 0 Å². The van der Waals surface area contributed by atoms with Crippen molar-refractivity contribution in [2.45, 2.75) is 33.1 Å². The average Bonchev–Trinajstić information content (AvgIpc) is 2.67. The van der Waals surface area contributed by atoms with Crippen LogP contribution in [-0.4, -0.2) is 20.3 Å². The van der Waals surface area contributed by atoms with Gasteiger partial charge in [0.1, 0.15) is 0 Å². The summed E-state index contributed by atoms with van der Waals surface area (Å²) in [5, 5.41) is 11.9. The third kappa shape index (κ3) is 2.08. The molecule has 0 spiro atoms. The van der Waals surface area contributed by atoms with Crippen molar-refractivity contribution in [3.63, 3.8) is 0 Å². The van der Waals surface area contributed by atoms with E-state index in [9.17, 15) is 0 Å². The van der Waals surface area contributed by atoms with Crippen LogP contribution in [0.1, 0.15) is 32.3 Å². The summed E-state index contributed by atoms with van der Waals surface area (Å²) in [5.74, 6) is 1.09.